The molecule has 2 aromatic heterocycles. The van der Waals surface area contributed by atoms with E-state index in [1.54, 1.807) is 13.1 Å². The zero-order chi connectivity index (χ0) is 14.0. The van der Waals surface area contributed by atoms with Crippen LogP contribution in [0.15, 0.2) is 21.1 Å². The SMILES string of the molecule is Cn1cnc(CNS(=O)(=O)c2cc(CN)sc2Br)n1. The van der Waals surface area contributed by atoms with E-state index in [9.17, 15) is 8.42 Å². The zero-order valence-corrected chi connectivity index (χ0v) is 13.2. The topological polar surface area (TPSA) is 103 Å². The summed E-state index contributed by atoms with van der Waals surface area (Å²) in [5.74, 6) is 0.413. The third-order valence-corrected chi connectivity index (χ3v) is 5.94. The van der Waals surface area contributed by atoms with Crippen molar-refractivity contribution in [1.82, 2.24) is 19.5 Å². The molecule has 0 radical (unpaired) electrons. The fourth-order valence-electron chi connectivity index (χ4n) is 1.38. The van der Waals surface area contributed by atoms with Crippen LogP contribution in [0.4, 0.5) is 0 Å². The van der Waals surface area contributed by atoms with E-state index < -0.39 is 10.0 Å². The molecule has 0 fully saturated rings. The van der Waals surface area contributed by atoms with Gasteiger partial charge >= 0.3 is 0 Å². The molecule has 7 nitrogen and oxygen atoms in total. The van der Waals surface area contributed by atoms with Crippen molar-refractivity contribution < 1.29 is 8.42 Å². The first-order chi connectivity index (χ1) is 8.92. The number of nitrogens with one attached hydrogen (secondary N) is 1. The second-order valence-electron chi connectivity index (χ2n) is 3.71. The molecule has 2 aromatic rings. The summed E-state index contributed by atoms with van der Waals surface area (Å²) < 4.78 is 28.7. The van der Waals surface area contributed by atoms with Gasteiger partial charge in [-0.1, -0.05) is 0 Å². The van der Waals surface area contributed by atoms with Crippen molar-refractivity contribution in [3.8, 4) is 0 Å². The van der Waals surface area contributed by atoms with Crippen LogP contribution in [0, 0.1) is 0 Å². The van der Waals surface area contributed by atoms with Gasteiger partial charge in [-0.3, -0.25) is 4.68 Å². The molecule has 0 spiro atoms. The number of halogens is 1. The van der Waals surface area contributed by atoms with E-state index in [-0.39, 0.29) is 11.4 Å². The second kappa shape index (κ2) is 5.67. The molecule has 104 valence electrons. The molecule has 2 heterocycles. The number of hydrogen-bond acceptors (Lipinski definition) is 6. The van der Waals surface area contributed by atoms with Crippen molar-refractivity contribution in [2.24, 2.45) is 12.8 Å². The van der Waals surface area contributed by atoms with Gasteiger partial charge in [0.05, 0.1) is 10.3 Å². The molecule has 10 heteroatoms. The number of nitrogens with zero attached hydrogens (tertiary/aromatic N) is 3. The Hall–Kier alpha value is -0.810. The highest BCUT2D eigenvalue weighted by Crippen LogP contribution is 2.31. The molecule has 0 aliphatic rings. The lowest BCUT2D eigenvalue weighted by Gasteiger charge is -2.03. The molecular formula is C9H12BrN5O2S2. The molecule has 0 saturated heterocycles. The van der Waals surface area contributed by atoms with Gasteiger partial charge in [0.1, 0.15) is 11.2 Å². The van der Waals surface area contributed by atoms with Crippen LogP contribution in [0.1, 0.15) is 10.7 Å². The largest absolute Gasteiger partial charge is 0.326 e. The maximum atomic E-state index is 12.1. The van der Waals surface area contributed by atoms with Gasteiger partial charge in [-0.2, -0.15) is 5.10 Å². The fraction of sp³-hybridized carbons (Fsp3) is 0.333. The first-order valence-corrected chi connectivity index (χ1v) is 8.34. The smallest absolute Gasteiger partial charge is 0.242 e. The Bertz CT molecular complexity index is 679. The lowest BCUT2D eigenvalue weighted by Crippen LogP contribution is -2.23. The van der Waals surface area contributed by atoms with E-state index in [0.29, 0.717) is 16.2 Å². The average molecular weight is 366 g/mol. The van der Waals surface area contributed by atoms with E-state index in [1.165, 1.54) is 22.3 Å². The monoisotopic (exact) mass is 365 g/mol. The third kappa shape index (κ3) is 3.39. The van der Waals surface area contributed by atoms with E-state index >= 15 is 0 Å². The van der Waals surface area contributed by atoms with Crippen molar-refractivity contribution in [1.29, 1.82) is 0 Å². The number of hydrogen-bond donors (Lipinski definition) is 2. The third-order valence-electron chi connectivity index (χ3n) is 2.26. The second-order valence-corrected chi connectivity index (χ2v) is 7.90. The van der Waals surface area contributed by atoms with Crippen LogP contribution in [-0.4, -0.2) is 23.2 Å². The first-order valence-electron chi connectivity index (χ1n) is 5.25. The predicted molar refractivity (Wildman–Crippen MR) is 74.9 cm³/mol. The normalized spacial score (nSPS) is 11.9. The van der Waals surface area contributed by atoms with Gasteiger partial charge in [-0.15, -0.1) is 11.3 Å². The molecule has 2 rings (SSSR count). The Balaban J connectivity index is 2.15. The average Bonchev–Trinajstić information content (AvgIpc) is 2.93. The standard InChI is InChI=1S/C9H12BrN5O2S2/c1-15-5-12-8(14-15)4-13-19(16,17)7-2-6(3-11)18-9(7)10/h2,5,13H,3-4,11H2,1H3. The molecule has 0 aliphatic carbocycles. The highest BCUT2D eigenvalue weighted by Gasteiger charge is 2.20. The number of rotatable bonds is 5. The zero-order valence-electron chi connectivity index (χ0n) is 10.00. The molecule has 0 unspecified atom stereocenters. The number of sulfonamides is 1. The minimum atomic E-state index is -3.60. The molecule has 0 saturated carbocycles. The lowest BCUT2D eigenvalue weighted by molar-refractivity contribution is 0.578. The van der Waals surface area contributed by atoms with Gasteiger partial charge in [0, 0.05) is 18.5 Å². The molecule has 3 N–H and O–H groups in total. The van der Waals surface area contributed by atoms with Crippen molar-refractivity contribution >= 4 is 37.3 Å². The van der Waals surface area contributed by atoms with Crippen molar-refractivity contribution in [2.45, 2.75) is 18.0 Å². The van der Waals surface area contributed by atoms with E-state index in [0.717, 1.165) is 4.88 Å². The molecule has 0 amide bonds. The molecule has 0 aromatic carbocycles. The van der Waals surface area contributed by atoms with E-state index in [2.05, 4.69) is 30.7 Å². The highest BCUT2D eigenvalue weighted by atomic mass is 79.9. The molecule has 19 heavy (non-hydrogen) atoms. The first kappa shape index (κ1) is 14.6. The maximum absolute atomic E-state index is 12.1. The Morgan fingerprint density at radius 1 is 1.58 bits per heavy atom. The van der Waals surface area contributed by atoms with Crippen LogP contribution in [0.5, 0.6) is 0 Å². The van der Waals surface area contributed by atoms with Gasteiger partial charge in [0.15, 0.2) is 5.82 Å². The van der Waals surface area contributed by atoms with Crippen LogP contribution in [0.25, 0.3) is 0 Å². The summed E-state index contributed by atoms with van der Waals surface area (Å²) in [6.45, 7) is 0.351. The number of nitrogens with two attached hydrogens (primary N) is 1. The number of thiophene rings is 1. The van der Waals surface area contributed by atoms with Gasteiger partial charge in [0.25, 0.3) is 0 Å². The van der Waals surface area contributed by atoms with Gasteiger partial charge in [0.2, 0.25) is 10.0 Å². The Labute approximate surface area is 123 Å². The summed E-state index contributed by atoms with van der Waals surface area (Å²) in [6.07, 6.45) is 1.51. The molecule has 0 atom stereocenters. The summed E-state index contributed by atoms with van der Waals surface area (Å²) in [6, 6.07) is 1.56. The van der Waals surface area contributed by atoms with Crippen LogP contribution >= 0.6 is 27.3 Å². The minimum absolute atomic E-state index is 0.0451. The summed E-state index contributed by atoms with van der Waals surface area (Å²) in [4.78, 5) is 4.94. The summed E-state index contributed by atoms with van der Waals surface area (Å²) in [5.41, 5.74) is 5.49. The summed E-state index contributed by atoms with van der Waals surface area (Å²) >= 11 is 4.54. The Kier molecular flexibility index (Phi) is 4.36. The summed E-state index contributed by atoms with van der Waals surface area (Å²) in [5, 5.41) is 4.00. The van der Waals surface area contributed by atoms with Crippen LogP contribution in [-0.2, 0) is 30.2 Å². The maximum Gasteiger partial charge on any atom is 0.242 e. The van der Waals surface area contributed by atoms with Crippen molar-refractivity contribution in [2.75, 3.05) is 0 Å². The highest BCUT2D eigenvalue weighted by molar-refractivity contribution is 9.11. The van der Waals surface area contributed by atoms with Crippen molar-refractivity contribution in [3.63, 3.8) is 0 Å². The van der Waals surface area contributed by atoms with E-state index in [4.69, 9.17) is 5.73 Å². The predicted octanol–water partition coefficient (Wildman–Crippen LogP) is 0.576. The number of aryl methyl sites for hydroxylation is 1. The van der Waals surface area contributed by atoms with Gasteiger partial charge < -0.3 is 5.73 Å². The van der Waals surface area contributed by atoms with Crippen LogP contribution < -0.4 is 10.5 Å². The summed E-state index contributed by atoms with van der Waals surface area (Å²) in [7, 11) is -1.88. The minimum Gasteiger partial charge on any atom is -0.326 e. The van der Waals surface area contributed by atoms with Crippen LogP contribution in [0.3, 0.4) is 0 Å². The Morgan fingerprint density at radius 2 is 2.32 bits per heavy atom. The molecule has 0 bridgehead atoms. The number of aromatic nitrogens is 3. The van der Waals surface area contributed by atoms with Crippen LogP contribution in [0.2, 0.25) is 0 Å². The van der Waals surface area contributed by atoms with E-state index in [1.807, 2.05) is 0 Å². The molecule has 0 aliphatic heterocycles. The lowest BCUT2D eigenvalue weighted by atomic mass is 10.5. The van der Waals surface area contributed by atoms with Crippen molar-refractivity contribution in [3.05, 3.63) is 26.9 Å². The molecular weight excluding hydrogens is 354 g/mol. The Morgan fingerprint density at radius 3 is 2.84 bits per heavy atom. The van der Waals surface area contributed by atoms with Gasteiger partial charge in [-0.25, -0.2) is 18.1 Å². The fourth-order valence-corrected chi connectivity index (χ4v) is 4.92. The quantitative estimate of drug-likeness (QED) is 0.806. The van der Waals surface area contributed by atoms with Gasteiger partial charge in [-0.05, 0) is 22.0 Å².